The first-order valence-electron chi connectivity index (χ1n) is 11.3. The van der Waals surface area contributed by atoms with Gasteiger partial charge in [-0.25, -0.2) is 8.78 Å². The number of nitrogens with one attached hydrogen (secondary N) is 1. The number of aryl methyl sites for hydroxylation is 2. The van der Waals surface area contributed by atoms with Gasteiger partial charge in [-0.05, 0) is 81.6 Å². The number of anilines is 1. The number of ether oxygens (including phenoxy) is 1. The highest BCUT2D eigenvalue weighted by molar-refractivity contribution is 7.80. The Bertz CT molecular complexity index is 896. The molecule has 1 saturated heterocycles. The fraction of sp³-hybridized carbons (Fsp3) is 0.480. The minimum Gasteiger partial charge on any atom is -0.493 e. The number of para-hydroxylation sites is 1. The van der Waals surface area contributed by atoms with E-state index in [9.17, 15) is 8.78 Å². The molecule has 32 heavy (non-hydrogen) atoms. The zero-order chi connectivity index (χ0) is 23.1. The van der Waals surface area contributed by atoms with Crippen LogP contribution in [0.5, 0.6) is 5.75 Å². The second kappa shape index (κ2) is 11.6. The van der Waals surface area contributed by atoms with Crippen molar-refractivity contribution in [3.8, 4) is 5.75 Å². The Morgan fingerprint density at radius 2 is 1.78 bits per heavy atom. The van der Waals surface area contributed by atoms with E-state index in [0.29, 0.717) is 18.4 Å². The molecule has 1 N–H and O–H groups in total. The molecular weight excluding hydrogens is 428 g/mol. The van der Waals surface area contributed by atoms with E-state index >= 15 is 0 Å². The summed E-state index contributed by atoms with van der Waals surface area (Å²) in [5.41, 5.74) is 3.50. The van der Waals surface area contributed by atoms with Gasteiger partial charge in [0.15, 0.2) is 16.7 Å². The molecule has 0 atom stereocenters. The summed E-state index contributed by atoms with van der Waals surface area (Å²) < 4.78 is 31.7. The van der Waals surface area contributed by atoms with Crippen molar-refractivity contribution in [1.29, 1.82) is 0 Å². The molecule has 0 aromatic heterocycles. The van der Waals surface area contributed by atoms with E-state index in [1.54, 1.807) is 0 Å². The molecule has 1 aliphatic heterocycles. The van der Waals surface area contributed by atoms with Gasteiger partial charge in [-0.1, -0.05) is 18.2 Å². The fourth-order valence-corrected chi connectivity index (χ4v) is 4.35. The van der Waals surface area contributed by atoms with Crippen LogP contribution in [0.4, 0.5) is 14.5 Å². The van der Waals surface area contributed by atoms with Crippen molar-refractivity contribution in [3.63, 3.8) is 0 Å². The van der Waals surface area contributed by atoms with E-state index in [-0.39, 0.29) is 0 Å². The Balaban J connectivity index is 1.34. The van der Waals surface area contributed by atoms with Gasteiger partial charge in [0.05, 0.1) is 6.61 Å². The lowest BCUT2D eigenvalue weighted by Gasteiger charge is -2.38. The molecule has 4 nitrogen and oxygen atoms in total. The van der Waals surface area contributed by atoms with Gasteiger partial charge < -0.3 is 19.9 Å². The minimum absolute atomic E-state index is 0.373. The average molecular weight is 462 g/mol. The third-order valence-corrected chi connectivity index (χ3v) is 6.56. The third kappa shape index (κ3) is 6.62. The highest BCUT2D eigenvalue weighted by Gasteiger charge is 2.24. The summed E-state index contributed by atoms with van der Waals surface area (Å²) in [5, 5.41) is 4.21. The van der Waals surface area contributed by atoms with Gasteiger partial charge in [0.1, 0.15) is 5.75 Å². The molecule has 0 radical (unpaired) electrons. The quantitative estimate of drug-likeness (QED) is 0.412. The number of unbranched alkanes of at least 4 members (excludes halogenated alkanes) is 1. The molecule has 0 bridgehead atoms. The zero-order valence-electron chi connectivity index (χ0n) is 19.2. The molecule has 0 amide bonds. The number of hydrogen-bond donors (Lipinski definition) is 1. The number of rotatable bonds is 8. The molecule has 1 fully saturated rings. The molecule has 0 unspecified atom stereocenters. The predicted octanol–water partition coefficient (Wildman–Crippen LogP) is 5.53. The number of likely N-dealkylation sites (tertiary alicyclic amines) is 1. The molecule has 174 valence electrons. The predicted molar refractivity (Wildman–Crippen MR) is 130 cm³/mol. The summed E-state index contributed by atoms with van der Waals surface area (Å²) in [4.78, 5) is 4.68. The van der Waals surface area contributed by atoms with Crippen molar-refractivity contribution in [2.45, 2.75) is 45.6 Å². The average Bonchev–Trinajstić information content (AvgIpc) is 2.78. The fourth-order valence-electron chi connectivity index (χ4n) is 4.10. The molecule has 1 aliphatic rings. The van der Waals surface area contributed by atoms with Gasteiger partial charge in [-0.15, -0.1) is 0 Å². The summed E-state index contributed by atoms with van der Waals surface area (Å²) >= 11 is 5.69. The van der Waals surface area contributed by atoms with Crippen molar-refractivity contribution >= 4 is 23.0 Å². The van der Waals surface area contributed by atoms with Crippen LogP contribution in [0, 0.1) is 25.5 Å². The van der Waals surface area contributed by atoms with Crippen LogP contribution in [-0.4, -0.2) is 54.2 Å². The number of benzene rings is 2. The molecule has 0 aliphatic carbocycles. The van der Waals surface area contributed by atoms with Crippen LogP contribution in [0.3, 0.4) is 0 Å². The second-order valence-electron chi connectivity index (χ2n) is 8.51. The highest BCUT2D eigenvalue weighted by atomic mass is 32.1. The molecule has 3 rings (SSSR count). The third-order valence-electron chi connectivity index (χ3n) is 6.17. The second-order valence-corrected chi connectivity index (χ2v) is 8.90. The van der Waals surface area contributed by atoms with Gasteiger partial charge in [-0.2, -0.15) is 0 Å². The molecule has 1 heterocycles. The Morgan fingerprint density at radius 1 is 1.09 bits per heavy atom. The normalized spacial score (nSPS) is 14.9. The van der Waals surface area contributed by atoms with Gasteiger partial charge in [-0.3, -0.25) is 0 Å². The van der Waals surface area contributed by atoms with E-state index in [4.69, 9.17) is 17.0 Å². The Morgan fingerprint density at radius 3 is 2.44 bits per heavy atom. The van der Waals surface area contributed by atoms with E-state index in [1.807, 2.05) is 0 Å². The highest BCUT2D eigenvalue weighted by Crippen LogP contribution is 2.22. The van der Waals surface area contributed by atoms with Crippen LogP contribution < -0.4 is 10.1 Å². The van der Waals surface area contributed by atoms with Crippen LogP contribution in [0.1, 0.15) is 36.8 Å². The standard InChI is InChI=1S/C25H33F2N3OS/c1-18-7-6-8-19(2)24(18)28-25(32)29(3)20-11-14-30(15-12-20)13-4-5-16-31-21-9-10-22(26)23(27)17-21/h6-10,17,20H,4-5,11-16H2,1-3H3,(H,28,32). The largest absolute Gasteiger partial charge is 0.493 e. The number of nitrogens with zero attached hydrogens (tertiary/aromatic N) is 2. The maximum absolute atomic E-state index is 13.2. The Kier molecular flexibility index (Phi) is 8.82. The monoisotopic (exact) mass is 461 g/mol. The summed E-state index contributed by atoms with van der Waals surface area (Å²) in [6.45, 7) is 7.81. The maximum Gasteiger partial charge on any atom is 0.173 e. The summed E-state index contributed by atoms with van der Waals surface area (Å²) in [7, 11) is 2.08. The smallest absolute Gasteiger partial charge is 0.173 e. The van der Waals surface area contributed by atoms with Crippen LogP contribution in [0.15, 0.2) is 36.4 Å². The number of halogens is 2. The Hall–Kier alpha value is -2.25. The minimum atomic E-state index is -0.876. The lowest BCUT2D eigenvalue weighted by atomic mass is 10.0. The number of hydrogen-bond acceptors (Lipinski definition) is 3. The molecule has 0 saturated carbocycles. The molecule has 2 aromatic rings. The van der Waals surface area contributed by atoms with Crippen LogP contribution in [0.25, 0.3) is 0 Å². The van der Waals surface area contributed by atoms with E-state index in [0.717, 1.165) is 68.3 Å². The molecule has 7 heteroatoms. The van der Waals surface area contributed by atoms with Crippen LogP contribution >= 0.6 is 12.2 Å². The molecule has 0 spiro atoms. The van der Waals surface area contributed by atoms with Crippen molar-refractivity contribution in [2.75, 3.05) is 38.6 Å². The SMILES string of the molecule is Cc1cccc(C)c1NC(=S)N(C)C1CCN(CCCCOc2ccc(F)c(F)c2)CC1. The summed E-state index contributed by atoms with van der Waals surface area (Å²) in [5.74, 6) is -1.36. The lowest BCUT2D eigenvalue weighted by molar-refractivity contribution is 0.161. The lowest BCUT2D eigenvalue weighted by Crippen LogP contribution is -2.47. The first-order chi connectivity index (χ1) is 15.3. The summed E-state index contributed by atoms with van der Waals surface area (Å²) in [6.07, 6.45) is 4.05. The zero-order valence-corrected chi connectivity index (χ0v) is 20.0. The first kappa shape index (κ1) is 24.4. The van der Waals surface area contributed by atoms with Gasteiger partial charge in [0.25, 0.3) is 0 Å². The number of thiocarbonyl (C=S) groups is 1. The van der Waals surface area contributed by atoms with Crippen LogP contribution in [-0.2, 0) is 0 Å². The van der Waals surface area contributed by atoms with E-state index < -0.39 is 11.6 Å². The van der Waals surface area contributed by atoms with Crippen molar-refractivity contribution in [3.05, 3.63) is 59.2 Å². The van der Waals surface area contributed by atoms with Crippen LogP contribution in [0.2, 0.25) is 0 Å². The topological polar surface area (TPSA) is 27.7 Å². The first-order valence-corrected chi connectivity index (χ1v) is 11.7. The van der Waals surface area contributed by atoms with Crippen molar-refractivity contribution in [1.82, 2.24) is 9.80 Å². The summed E-state index contributed by atoms with van der Waals surface area (Å²) in [6, 6.07) is 10.3. The van der Waals surface area contributed by atoms with Gasteiger partial charge >= 0.3 is 0 Å². The molecular formula is C25H33F2N3OS. The van der Waals surface area contributed by atoms with Crippen molar-refractivity contribution < 1.29 is 13.5 Å². The van der Waals surface area contributed by atoms with Gasteiger partial charge in [0, 0.05) is 37.9 Å². The van der Waals surface area contributed by atoms with E-state index in [2.05, 4.69) is 54.2 Å². The maximum atomic E-state index is 13.2. The van der Waals surface area contributed by atoms with E-state index in [1.165, 1.54) is 17.2 Å². The number of piperidine rings is 1. The van der Waals surface area contributed by atoms with Crippen molar-refractivity contribution in [2.24, 2.45) is 0 Å². The van der Waals surface area contributed by atoms with Gasteiger partial charge in [0.2, 0.25) is 0 Å². The molecule has 2 aromatic carbocycles. The Labute approximate surface area is 195 Å².